The van der Waals surface area contributed by atoms with E-state index in [1.54, 1.807) is 0 Å². The Hall–Kier alpha value is -3.46. The highest BCUT2D eigenvalue weighted by atomic mass is 31.1. The van der Waals surface area contributed by atoms with E-state index in [9.17, 15) is 9.90 Å². The van der Waals surface area contributed by atoms with Crippen molar-refractivity contribution in [2.75, 3.05) is 18.5 Å². The number of aliphatic hydroxyl groups is 1. The topological polar surface area (TPSA) is 61.4 Å². The standard InChI is InChI=1S/C52H71N2O2P/c1-33(2)43(32-55)54-45(56)31-53-42-19-15-17-34-21-23-52(46(34)42)24-22-35-18-16-20-44(47(35)52)57(40-27-36(48(3,4)5)25-37(28-40)49(6,7)8)41-29-38(50(9,10)11)26-39(30-41)51(12,13)14/h15-20,25-30,33,43,53,55H,21-24,31-32H2,1-14H3,(H,54,56)/t43-,52+/m0/s1. The lowest BCUT2D eigenvalue weighted by Crippen LogP contribution is -2.43. The summed E-state index contributed by atoms with van der Waals surface area (Å²) in [6, 6.07) is 28.7. The molecule has 0 aliphatic heterocycles. The first kappa shape index (κ1) is 43.1. The van der Waals surface area contributed by atoms with E-state index in [1.807, 2.05) is 13.8 Å². The summed E-state index contributed by atoms with van der Waals surface area (Å²) in [4.78, 5) is 13.3. The number of aryl methyl sites for hydroxylation is 2. The molecule has 3 N–H and O–H groups in total. The van der Waals surface area contributed by atoms with Gasteiger partial charge >= 0.3 is 0 Å². The zero-order chi connectivity index (χ0) is 41.9. The predicted octanol–water partition coefficient (Wildman–Crippen LogP) is 10.4. The number of aliphatic hydroxyl groups excluding tert-OH is 1. The number of hydrogen-bond acceptors (Lipinski definition) is 3. The summed E-state index contributed by atoms with van der Waals surface area (Å²) in [5.74, 6) is 0.0591. The highest BCUT2D eigenvalue weighted by Gasteiger charge is 2.48. The van der Waals surface area contributed by atoms with Crippen LogP contribution in [-0.2, 0) is 44.7 Å². The Labute approximate surface area is 346 Å². The molecule has 6 rings (SSSR count). The minimum atomic E-state index is -0.988. The Balaban J connectivity index is 1.61. The molecule has 2 aliphatic carbocycles. The number of rotatable bonds is 9. The number of amides is 1. The van der Waals surface area contributed by atoms with Gasteiger partial charge in [0.1, 0.15) is 0 Å². The zero-order valence-corrected chi connectivity index (χ0v) is 38.5. The largest absolute Gasteiger partial charge is 0.394 e. The van der Waals surface area contributed by atoms with E-state index in [-0.39, 0.29) is 58.1 Å². The molecule has 4 aromatic carbocycles. The Kier molecular flexibility index (Phi) is 11.8. The first-order valence-electron chi connectivity index (χ1n) is 21.4. The van der Waals surface area contributed by atoms with Gasteiger partial charge in [-0.1, -0.05) is 164 Å². The van der Waals surface area contributed by atoms with Gasteiger partial charge in [-0.05, 0) is 128 Å². The van der Waals surface area contributed by atoms with Crippen LogP contribution in [0.25, 0.3) is 0 Å². The monoisotopic (exact) mass is 787 g/mol. The van der Waals surface area contributed by atoms with Crippen molar-refractivity contribution in [2.45, 2.75) is 156 Å². The second kappa shape index (κ2) is 15.6. The van der Waals surface area contributed by atoms with Gasteiger partial charge in [-0.15, -0.1) is 0 Å². The van der Waals surface area contributed by atoms with E-state index in [0.717, 1.165) is 31.4 Å². The molecule has 57 heavy (non-hydrogen) atoms. The van der Waals surface area contributed by atoms with Crippen molar-refractivity contribution in [2.24, 2.45) is 5.92 Å². The van der Waals surface area contributed by atoms with Crippen molar-refractivity contribution in [3.8, 4) is 0 Å². The number of carbonyl (C=O) groups is 1. The fourth-order valence-corrected chi connectivity index (χ4v) is 11.7. The molecule has 4 nitrogen and oxygen atoms in total. The molecule has 5 heteroatoms. The van der Waals surface area contributed by atoms with Crippen molar-refractivity contribution >= 4 is 35.4 Å². The molecule has 0 heterocycles. The summed E-state index contributed by atoms with van der Waals surface area (Å²) < 4.78 is 0. The highest BCUT2D eigenvalue weighted by Crippen LogP contribution is 2.56. The average Bonchev–Trinajstić information content (AvgIpc) is 3.69. The number of hydrogen-bond donors (Lipinski definition) is 3. The van der Waals surface area contributed by atoms with Crippen molar-refractivity contribution in [3.05, 3.63) is 117 Å². The molecule has 0 radical (unpaired) electrons. The second-order valence-corrected chi connectivity index (χ2v) is 23.7. The first-order chi connectivity index (χ1) is 26.4. The van der Waals surface area contributed by atoms with Crippen LogP contribution in [0.4, 0.5) is 5.69 Å². The molecule has 0 aromatic heterocycles. The molecular weight excluding hydrogens is 716 g/mol. The van der Waals surface area contributed by atoms with Crippen molar-refractivity contribution in [3.63, 3.8) is 0 Å². The van der Waals surface area contributed by atoms with E-state index >= 15 is 0 Å². The lowest BCUT2D eigenvalue weighted by atomic mass is 9.76. The quantitative estimate of drug-likeness (QED) is 0.148. The third-order valence-electron chi connectivity index (χ3n) is 12.7. The highest BCUT2D eigenvalue weighted by molar-refractivity contribution is 7.80. The maximum Gasteiger partial charge on any atom is 0.239 e. The van der Waals surface area contributed by atoms with Crippen LogP contribution in [0.2, 0.25) is 0 Å². The molecule has 1 spiro atoms. The van der Waals surface area contributed by atoms with Crippen LogP contribution in [0.1, 0.15) is 154 Å². The lowest BCUT2D eigenvalue weighted by molar-refractivity contribution is -0.120. The molecule has 0 bridgehead atoms. The van der Waals surface area contributed by atoms with E-state index in [4.69, 9.17) is 0 Å². The van der Waals surface area contributed by atoms with Gasteiger partial charge in [0.15, 0.2) is 0 Å². The van der Waals surface area contributed by atoms with Crippen LogP contribution in [0.3, 0.4) is 0 Å². The third-order valence-corrected chi connectivity index (χ3v) is 15.1. The van der Waals surface area contributed by atoms with E-state index in [0.29, 0.717) is 0 Å². The summed E-state index contributed by atoms with van der Waals surface area (Å²) in [5.41, 5.74) is 12.2. The summed E-state index contributed by atoms with van der Waals surface area (Å²) in [6.07, 6.45) is 4.18. The second-order valence-electron chi connectivity index (χ2n) is 21.6. The van der Waals surface area contributed by atoms with Crippen LogP contribution >= 0.6 is 7.92 Å². The maximum atomic E-state index is 13.3. The maximum absolute atomic E-state index is 13.3. The van der Waals surface area contributed by atoms with Crippen LogP contribution in [0.15, 0.2) is 72.8 Å². The molecule has 4 aromatic rings. The van der Waals surface area contributed by atoms with Crippen LogP contribution in [0, 0.1) is 5.92 Å². The number of benzene rings is 4. The fraction of sp³-hybridized carbons (Fsp3) is 0.519. The van der Waals surface area contributed by atoms with Crippen LogP contribution < -0.4 is 26.5 Å². The molecule has 0 unspecified atom stereocenters. The number of carbonyl (C=O) groups excluding carboxylic acids is 1. The van der Waals surface area contributed by atoms with Gasteiger partial charge in [0, 0.05) is 11.1 Å². The van der Waals surface area contributed by atoms with Gasteiger partial charge in [0.2, 0.25) is 5.91 Å². The molecular formula is C52H71N2O2P. The van der Waals surface area contributed by atoms with Crippen LogP contribution in [-0.4, -0.2) is 30.2 Å². The number of nitrogens with one attached hydrogen (secondary N) is 2. The average molecular weight is 787 g/mol. The van der Waals surface area contributed by atoms with E-state index in [1.165, 1.54) is 60.4 Å². The SMILES string of the molecule is CC(C)[C@H](CO)NC(=O)CNc1cccc2c1[C@@]1(CC2)CCc2cccc(P(c3cc(C(C)(C)C)cc(C(C)(C)C)c3)c3cc(C(C)(C)C)cc(C(C)(C)C)c3)c21. The van der Waals surface area contributed by atoms with Gasteiger partial charge < -0.3 is 15.7 Å². The molecule has 1 amide bonds. The summed E-state index contributed by atoms with van der Waals surface area (Å²) >= 11 is 0. The lowest BCUT2D eigenvalue weighted by Gasteiger charge is -2.35. The Morgan fingerprint density at radius 1 is 0.667 bits per heavy atom. The normalized spacial score (nSPS) is 17.6. The van der Waals surface area contributed by atoms with Gasteiger partial charge in [-0.2, -0.15) is 0 Å². The summed E-state index contributed by atoms with van der Waals surface area (Å²) in [6.45, 7) is 32.4. The minimum Gasteiger partial charge on any atom is -0.394 e. The minimum absolute atomic E-state index is 0.00960. The molecule has 2 aliphatic rings. The van der Waals surface area contributed by atoms with E-state index < -0.39 is 7.92 Å². The van der Waals surface area contributed by atoms with Crippen LogP contribution in [0.5, 0.6) is 0 Å². The molecule has 306 valence electrons. The predicted molar refractivity (Wildman–Crippen MR) is 246 cm³/mol. The Bertz CT molecular complexity index is 1980. The van der Waals surface area contributed by atoms with Crippen molar-refractivity contribution in [1.29, 1.82) is 0 Å². The van der Waals surface area contributed by atoms with Crippen molar-refractivity contribution < 1.29 is 9.90 Å². The zero-order valence-electron chi connectivity index (χ0n) is 37.6. The van der Waals surface area contributed by atoms with Gasteiger partial charge in [-0.25, -0.2) is 0 Å². The molecule has 0 saturated heterocycles. The molecule has 2 atom stereocenters. The first-order valence-corrected chi connectivity index (χ1v) is 22.8. The summed E-state index contributed by atoms with van der Waals surface area (Å²) in [7, 11) is -0.988. The molecule has 0 fully saturated rings. The third kappa shape index (κ3) is 8.79. The van der Waals surface area contributed by atoms with Gasteiger partial charge in [0.05, 0.1) is 19.2 Å². The van der Waals surface area contributed by atoms with Gasteiger partial charge in [-0.3, -0.25) is 4.79 Å². The smallest absolute Gasteiger partial charge is 0.239 e. The number of fused-ring (bicyclic) bond motifs is 4. The van der Waals surface area contributed by atoms with Crippen molar-refractivity contribution in [1.82, 2.24) is 5.32 Å². The number of anilines is 1. The Morgan fingerprint density at radius 2 is 1.11 bits per heavy atom. The van der Waals surface area contributed by atoms with Gasteiger partial charge in [0.25, 0.3) is 0 Å². The Morgan fingerprint density at radius 3 is 1.53 bits per heavy atom. The van der Waals surface area contributed by atoms with E-state index in [2.05, 4.69) is 167 Å². The fourth-order valence-electron chi connectivity index (χ4n) is 9.00. The summed E-state index contributed by atoms with van der Waals surface area (Å²) in [5, 5.41) is 20.9. The molecule has 0 saturated carbocycles.